The van der Waals surface area contributed by atoms with Gasteiger partial charge < -0.3 is 15.1 Å². The average Bonchev–Trinajstić information content (AvgIpc) is 3.27. The van der Waals surface area contributed by atoms with E-state index in [1.54, 1.807) is 4.90 Å². The van der Waals surface area contributed by atoms with E-state index in [0.29, 0.717) is 24.7 Å². The third-order valence-electron chi connectivity index (χ3n) is 4.64. The summed E-state index contributed by atoms with van der Waals surface area (Å²) in [5, 5.41) is 10.1. The number of carbonyl (C=O) groups is 2. The molecule has 2 aliphatic rings. The number of likely N-dealkylation sites (tertiary alicyclic amines) is 2. The van der Waals surface area contributed by atoms with Crippen molar-refractivity contribution in [1.29, 1.82) is 0 Å². The fourth-order valence-electron chi connectivity index (χ4n) is 3.15. The number of rotatable bonds is 3. The molecular weight excluding hydrogens is 294 g/mol. The van der Waals surface area contributed by atoms with Gasteiger partial charge in [-0.05, 0) is 31.2 Å². The molecule has 1 aromatic heterocycles. The zero-order chi connectivity index (χ0) is 16.4. The van der Waals surface area contributed by atoms with Crippen molar-refractivity contribution >= 4 is 11.9 Å². The summed E-state index contributed by atoms with van der Waals surface area (Å²) in [5.74, 6) is 0.251. The number of hydrogen-bond donors (Lipinski definition) is 2. The lowest BCUT2D eigenvalue weighted by Crippen LogP contribution is -2.45. The number of aromatic amines is 1. The lowest BCUT2D eigenvalue weighted by molar-refractivity contribution is 0.0783. The molecule has 3 rings (SSSR count). The minimum Gasteiger partial charge on any atom is -0.335 e. The molecular formula is C16H25N5O2. The molecule has 3 amide bonds. The first-order chi connectivity index (χ1) is 11.0. The Morgan fingerprint density at radius 2 is 2.00 bits per heavy atom. The first-order valence-corrected chi connectivity index (χ1v) is 8.44. The average molecular weight is 319 g/mol. The Kier molecular flexibility index (Phi) is 4.54. The van der Waals surface area contributed by atoms with Crippen LogP contribution in [0.25, 0.3) is 0 Å². The maximum absolute atomic E-state index is 12.5. The minimum atomic E-state index is -0.0638. The monoisotopic (exact) mass is 319 g/mol. The van der Waals surface area contributed by atoms with Gasteiger partial charge in [-0.1, -0.05) is 13.8 Å². The second-order valence-electron chi connectivity index (χ2n) is 6.74. The number of carbonyl (C=O) groups excluding carboxylic acids is 2. The number of amides is 3. The van der Waals surface area contributed by atoms with Crippen molar-refractivity contribution in [3.63, 3.8) is 0 Å². The van der Waals surface area contributed by atoms with Crippen molar-refractivity contribution in [3.05, 3.63) is 17.5 Å². The van der Waals surface area contributed by atoms with E-state index in [1.807, 2.05) is 11.0 Å². The van der Waals surface area contributed by atoms with Gasteiger partial charge in [0, 0.05) is 37.9 Å². The van der Waals surface area contributed by atoms with E-state index in [-0.39, 0.29) is 18.0 Å². The highest BCUT2D eigenvalue weighted by atomic mass is 16.2. The Morgan fingerprint density at radius 3 is 2.65 bits per heavy atom. The standard InChI is InChI=1S/C16H25N5O2/c1-11(2)13-9-14(19-18-13)15(22)21-8-5-12(10-21)17-16(23)20-6-3-4-7-20/h9,11-12H,3-8,10H2,1-2H3,(H,17,23)(H,18,19)/t12-/m1/s1. The highest BCUT2D eigenvalue weighted by Crippen LogP contribution is 2.17. The molecule has 1 atom stereocenters. The van der Waals surface area contributed by atoms with E-state index in [9.17, 15) is 9.59 Å². The normalized spacial score (nSPS) is 21.3. The zero-order valence-corrected chi connectivity index (χ0v) is 13.8. The predicted octanol–water partition coefficient (Wildman–Crippen LogP) is 1.55. The summed E-state index contributed by atoms with van der Waals surface area (Å²) in [6.45, 7) is 7.01. The molecule has 126 valence electrons. The summed E-state index contributed by atoms with van der Waals surface area (Å²) >= 11 is 0. The SMILES string of the molecule is CC(C)c1cc(C(=O)N2CC[C@@H](NC(=O)N3CCCC3)C2)n[nH]1. The van der Waals surface area contributed by atoms with Gasteiger partial charge >= 0.3 is 6.03 Å². The van der Waals surface area contributed by atoms with Crippen LogP contribution in [0.2, 0.25) is 0 Å². The van der Waals surface area contributed by atoms with Gasteiger partial charge in [0.15, 0.2) is 0 Å². The Balaban J connectivity index is 1.54. The molecule has 0 spiro atoms. The van der Waals surface area contributed by atoms with Crippen LogP contribution in [-0.4, -0.2) is 64.2 Å². The van der Waals surface area contributed by atoms with Gasteiger partial charge in [-0.15, -0.1) is 0 Å². The van der Waals surface area contributed by atoms with Crippen LogP contribution in [0, 0.1) is 0 Å². The van der Waals surface area contributed by atoms with Gasteiger partial charge in [-0.3, -0.25) is 9.89 Å². The van der Waals surface area contributed by atoms with Gasteiger partial charge in [-0.2, -0.15) is 5.10 Å². The number of hydrogen-bond acceptors (Lipinski definition) is 3. The molecule has 2 N–H and O–H groups in total. The maximum atomic E-state index is 12.5. The Hall–Kier alpha value is -2.05. The summed E-state index contributed by atoms with van der Waals surface area (Å²) in [5.41, 5.74) is 1.42. The van der Waals surface area contributed by atoms with Gasteiger partial charge in [-0.25, -0.2) is 4.79 Å². The molecule has 2 fully saturated rings. The van der Waals surface area contributed by atoms with Crippen LogP contribution in [0.15, 0.2) is 6.07 Å². The van der Waals surface area contributed by atoms with Crippen molar-refractivity contribution in [2.45, 2.75) is 45.1 Å². The van der Waals surface area contributed by atoms with Crippen LogP contribution in [0.4, 0.5) is 4.79 Å². The van der Waals surface area contributed by atoms with Crippen LogP contribution in [-0.2, 0) is 0 Å². The predicted molar refractivity (Wildman–Crippen MR) is 86.3 cm³/mol. The van der Waals surface area contributed by atoms with Crippen LogP contribution in [0.5, 0.6) is 0 Å². The van der Waals surface area contributed by atoms with E-state index >= 15 is 0 Å². The summed E-state index contributed by atoms with van der Waals surface area (Å²) in [7, 11) is 0. The minimum absolute atomic E-state index is 0.00339. The zero-order valence-electron chi connectivity index (χ0n) is 13.8. The largest absolute Gasteiger partial charge is 0.335 e. The van der Waals surface area contributed by atoms with Crippen LogP contribution in [0.3, 0.4) is 0 Å². The van der Waals surface area contributed by atoms with Crippen LogP contribution in [0.1, 0.15) is 55.2 Å². The highest BCUT2D eigenvalue weighted by Gasteiger charge is 2.30. The van der Waals surface area contributed by atoms with Crippen molar-refractivity contribution in [2.75, 3.05) is 26.2 Å². The molecule has 0 unspecified atom stereocenters. The number of nitrogens with one attached hydrogen (secondary N) is 2. The molecule has 2 saturated heterocycles. The molecule has 3 heterocycles. The van der Waals surface area contributed by atoms with E-state index < -0.39 is 0 Å². The summed E-state index contributed by atoms with van der Waals surface area (Å²) < 4.78 is 0. The van der Waals surface area contributed by atoms with Gasteiger partial charge in [0.2, 0.25) is 0 Å². The molecule has 7 nitrogen and oxygen atoms in total. The lowest BCUT2D eigenvalue weighted by Gasteiger charge is -2.20. The van der Waals surface area contributed by atoms with E-state index in [2.05, 4.69) is 29.4 Å². The first-order valence-electron chi connectivity index (χ1n) is 8.44. The van der Waals surface area contributed by atoms with Crippen molar-refractivity contribution in [1.82, 2.24) is 25.3 Å². The second kappa shape index (κ2) is 6.60. The summed E-state index contributed by atoms with van der Waals surface area (Å²) in [6.07, 6.45) is 2.97. The van der Waals surface area contributed by atoms with Crippen LogP contribution >= 0.6 is 0 Å². The van der Waals surface area contributed by atoms with E-state index in [0.717, 1.165) is 38.0 Å². The fourth-order valence-corrected chi connectivity index (χ4v) is 3.15. The topological polar surface area (TPSA) is 81.3 Å². The Morgan fingerprint density at radius 1 is 1.26 bits per heavy atom. The number of nitrogens with zero attached hydrogens (tertiary/aromatic N) is 3. The number of urea groups is 1. The van der Waals surface area contributed by atoms with Gasteiger partial charge in [0.1, 0.15) is 5.69 Å². The number of H-pyrrole nitrogens is 1. The molecule has 7 heteroatoms. The van der Waals surface area contributed by atoms with Gasteiger partial charge in [0.25, 0.3) is 5.91 Å². The van der Waals surface area contributed by atoms with E-state index in [1.165, 1.54) is 0 Å². The lowest BCUT2D eigenvalue weighted by atomic mass is 10.1. The molecule has 0 aromatic carbocycles. The summed E-state index contributed by atoms with van der Waals surface area (Å²) in [6, 6.07) is 1.86. The second-order valence-corrected chi connectivity index (χ2v) is 6.74. The van der Waals surface area contributed by atoms with E-state index in [4.69, 9.17) is 0 Å². The molecule has 0 saturated carbocycles. The fraction of sp³-hybridized carbons (Fsp3) is 0.688. The van der Waals surface area contributed by atoms with Crippen molar-refractivity contribution in [2.24, 2.45) is 0 Å². The molecule has 0 bridgehead atoms. The molecule has 1 aromatic rings. The Bertz CT molecular complexity index is 577. The van der Waals surface area contributed by atoms with Crippen molar-refractivity contribution < 1.29 is 9.59 Å². The third-order valence-corrected chi connectivity index (χ3v) is 4.64. The third kappa shape index (κ3) is 3.48. The molecule has 2 aliphatic heterocycles. The van der Waals surface area contributed by atoms with Gasteiger partial charge in [0.05, 0.1) is 0 Å². The quantitative estimate of drug-likeness (QED) is 0.887. The highest BCUT2D eigenvalue weighted by molar-refractivity contribution is 5.92. The molecule has 0 aliphatic carbocycles. The Labute approximate surface area is 136 Å². The first kappa shape index (κ1) is 15.8. The van der Waals surface area contributed by atoms with Crippen LogP contribution < -0.4 is 5.32 Å². The maximum Gasteiger partial charge on any atom is 0.317 e. The smallest absolute Gasteiger partial charge is 0.317 e. The van der Waals surface area contributed by atoms with Crippen molar-refractivity contribution in [3.8, 4) is 0 Å². The number of aromatic nitrogens is 2. The summed E-state index contributed by atoms with van der Waals surface area (Å²) in [4.78, 5) is 28.2. The molecule has 23 heavy (non-hydrogen) atoms. The molecule has 0 radical (unpaired) electrons.